The van der Waals surface area contributed by atoms with Crippen LogP contribution >= 0.6 is 22.9 Å². The first-order valence-corrected chi connectivity index (χ1v) is 9.71. The summed E-state index contributed by atoms with van der Waals surface area (Å²) in [4.78, 5) is 6.80. The van der Waals surface area contributed by atoms with Crippen LogP contribution in [0.25, 0.3) is 0 Å². The summed E-state index contributed by atoms with van der Waals surface area (Å²) >= 11 is 7.85. The number of thiophene rings is 1. The van der Waals surface area contributed by atoms with E-state index in [2.05, 4.69) is 15.9 Å². The molecule has 4 heteroatoms. The molecule has 0 N–H and O–H groups in total. The van der Waals surface area contributed by atoms with Crippen molar-refractivity contribution in [1.82, 2.24) is 9.80 Å². The SMILES string of the molecule is Clc1ccc(CN(CCN2CCCC2)C2CCCCC2)s1. The topological polar surface area (TPSA) is 6.48 Å². The number of hydrogen-bond acceptors (Lipinski definition) is 3. The summed E-state index contributed by atoms with van der Waals surface area (Å²) in [7, 11) is 0. The average molecular weight is 327 g/mol. The molecule has 1 aromatic rings. The van der Waals surface area contributed by atoms with Crippen LogP contribution < -0.4 is 0 Å². The van der Waals surface area contributed by atoms with Gasteiger partial charge in [0.05, 0.1) is 4.34 Å². The zero-order valence-corrected chi connectivity index (χ0v) is 14.5. The van der Waals surface area contributed by atoms with Gasteiger partial charge in [-0.1, -0.05) is 30.9 Å². The maximum Gasteiger partial charge on any atom is 0.0931 e. The highest BCUT2D eigenvalue weighted by atomic mass is 35.5. The molecule has 1 saturated carbocycles. The van der Waals surface area contributed by atoms with Gasteiger partial charge in [-0.15, -0.1) is 11.3 Å². The molecule has 3 rings (SSSR count). The van der Waals surface area contributed by atoms with Crippen LogP contribution in [0.15, 0.2) is 12.1 Å². The van der Waals surface area contributed by atoms with Crippen LogP contribution in [0.3, 0.4) is 0 Å². The van der Waals surface area contributed by atoms with Crippen LogP contribution in [-0.4, -0.2) is 42.0 Å². The fourth-order valence-electron chi connectivity index (χ4n) is 3.75. The van der Waals surface area contributed by atoms with Gasteiger partial charge < -0.3 is 4.90 Å². The van der Waals surface area contributed by atoms with Crippen molar-refractivity contribution in [2.24, 2.45) is 0 Å². The van der Waals surface area contributed by atoms with Crippen molar-refractivity contribution in [2.75, 3.05) is 26.2 Å². The van der Waals surface area contributed by atoms with Crippen molar-refractivity contribution in [3.05, 3.63) is 21.3 Å². The Labute approximate surface area is 138 Å². The Hall–Kier alpha value is -0.0900. The lowest BCUT2D eigenvalue weighted by Crippen LogP contribution is -2.41. The van der Waals surface area contributed by atoms with Gasteiger partial charge in [0.2, 0.25) is 0 Å². The third-order valence-electron chi connectivity index (χ3n) is 4.98. The Morgan fingerprint density at radius 3 is 2.52 bits per heavy atom. The Kier molecular flexibility index (Phi) is 5.98. The molecule has 0 radical (unpaired) electrons. The first kappa shape index (κ1) is 15.8. The first-order valence-electron chi connectivity index (χ1n) is 8.52. The van der Waals surface area contributed by atoms with E-state index in [1.807, 2.05) is 6.07 Å². The molecule has 21 heavy (non-hydrogen) atoms. The van der Waals surface area contributed by atoms with E-state index >= 15 is 0 Å². The molecule has 118 valence electrons. The highest BCUT2D eigenvalue weighted by molar-refractivity contribution is 7.16. The molecule has 2 fully saturated rings. The third-order valence-corrected chi connectivity index (χ3v) is 6.20. The quantitative estimate of drug-likeness (QED) is 0.752. The lowest BCUT2D eigenvalue weighted by molar-refractivity contribution is 0.132. The predicted molar refractivity (Wildman–Crippen MR) is 92.3 cm³/mol. The molecular weight excluding hydrogens is 300 g/mol. The fraction of sp³-hybridized carbons (Fsp3) is 0.765. The molecule has 2 nitrogen and oxygen atoms in total. The molecule has 1 aromatic heterocycles. The van der Waals surface area contributed by atoms with Crippen molar-refractivity contribution in [2.45, 2.75) is 57.5 Å². The molecular formula is C17H27ClN2S. The molecule has 2 aliphatic rings. The number of nitrogens with zero attached hydrogens (tertiary/aromatic N) is 2. The lowest BCUT2D eigenvalue weighted by atomic mass is 9.94. The summed E-state index contributed by atoms with van der Waals surface area (Å²) in [5, 5.41) is 0. The van der Waals surface area contributed by atoms with Crippen molar-refractivity contribution in [3.63, 3.8) is 0 Å². The summed E-state index contributed by atoms with van der Waals surface area (Å²) in [5.74, 6) is 0. The maximum atomic E-state index is 6.10. The summed E-state index contributed by atoms with van der Waals surface area (Å²) < 4.78 is 0.924. The second-order valence-corrected chi connectivity index (χ2v) is 8.32. The zero-order chi connectivity index (χ0) is 14.5. The summed E-state index contributed by atoms with van der Waals surface area (Å²) in [5.41, 5.74) is 0. The fourth-order valence-corrected chi connectivity index (χ4v) is 4.86. The average Bonchev–Trinajstić information content (AvgIpc) is 3.16. The Balaban J connectivity index is 1.58. The normalized spacial score (nSPS) is 21.4. The second kappa shape index (κ2) is 7.96. The molecule has 1 aliphatic carbocycles. The van der Waals surface area contributed by atoms with Crippen LogP contribution in [0.5, 0.6) is 0 Å². The second-order valence-electron chi connectivity index (χ2n) is 6.52. The summed E-state index contributed by atoms with van der Waals surface area (Å²) in [6.45, 7) is 6.18. The summed E-state index contributed by atoms with van der Waals surface area (Å²) in [6.07, 6.45) is 9.82. The van der Waals surface area contributed by atoms with E-state index in [0.29, 0.717) is 0 Å². The van der Waals surface area contributed by atoms with Crippen molar-refractivity contribution < 1.29 is 0 Å². The van der Waals surface area contributed by atoms with Gasteiger partial charge in [-0.25, -0.2) is 0 Å². The molecule has 1 saturated heterocycles. The van der Waals surface area contributed by atoms with Crippen LogP contribution in [0, 0.1) is 0 Å². The Morgan fingerprint density at radius 1 is 1.10 bits per heavy atom. The van der Waals surface area contributed by atoms with E-state index in [9.17, 15) is 0 Å². The van der Waals surface area contributed by atoms with Crippen molar-refractivity contribution in [3.8, 4) is 0 Å². The van der Waals surface area contributed by atoms with Crippen LogP contribution in [0.1, 0.15) is 49.8 Å². The number of rotatable bonds is 6. The number of halogens is 1. The van der Waals surface area contributed by atoms with E-state index < -0.39 is 0 Å². The minimum absolute atomic E-state index is 0.794. The molecule has 0 atom stereocenters. The monoisotopic (exact) mass is 326 g/mol. The Bertz CT molecular complexity index is 422. The zero-order valence-electron chi connectivity index (χ0n) is 12.9. The third kappa shape index (κ3) is 4.69. The van der Waals surface area contributed by atoms with Gasteiger partial charge in [0.1, 0.15) is 0 Å². The van der Waals surface area contributed by atoms with Gasteiger partial charge in [0.25, 0.3) is 0 Å². The van der Waals surface area contributed by atoms with Crippen molar-refractivity contribution >= 4 is 22.9 Å². The standard InChI is InChI=1S/C17H27ClN2S/c18-17-9-8-16(21-17)14-20(15-6-2-1-3-7-15)13-12-19-10-4-5-11-19/h8-9,15H,1-7,10-14H2. The van der Waals surface area contributed by atoms with E-state index in [0.717, 1.165) is 16.9 Å². The summed E-state index contributed by atoms with van der Waals surface area (Å²) in [6, 6.07) is 5.04. The van der Waals surface area contributed by atoms with E-state index in [4.69, 9.17) is 11.6 Å². The van der Waals surface area contributed by atoms with Gasteiger partial charge >= 0.3 is 0 Å². The largest absolute Gasteiger partial charge is 0.302 e. The van der Waals surface area contributed by atoms with Gasteiger partial charge in [0.15, 0.2) is 0 Å². The molecule has 0 aromatic carbocycles. The molecule has 2 heterocycles. The van der Waals surface area contributed by atoms with Gasteiger partial charge in [-0.3, -0.25) is 4.90 Å². The highest BCUT2D eigenvalue weighted by Gasteiger charge is 2.22. The lowest BCUT2D eigenvalue weighted by Gasteiger charge is -2.35. The minimum Gasteiger partial charge on any atom is -0.302 e. The first-order chi connectivity index (χ1) is 10.3. The minimum atomic E-state index is 0.794. The maximum absolute atomic E-state index is 6.10. The molecule has 0 amide bonds. The van der Waals surface area contributed by atoms with E-state index in [1.54, 1.807) is 11.3 Å². The predicted octanol–water partition coefficient (Wildman–Crippen LogP) is 4.63. The molecule has 0 unspecified atom stereocenters. The molecule has 0 spiro atoms. The highest BCUT2D eigenvalue weighted by Crippen LogP contribution is 2.27. The molecule has 0 bridgehead atoms. The van der Waals surface area contributed by atoms with Gasteiger partial charge in [-0.2, -0.15) is 0 Å². The number of hydrogen-bond donors (Lipinski definition) is 0. The number of likely N-dealkylation sites (tertiary alicyclic amines) is 1. The Morgan fingerprint density at radius 2 is 1.86 bits per heavy atom. The van der Waals surface area contributed by atoms with Crippen molar-refractivity contribution in [1.29, 1.82) is 0 Å². The molecule has 1 aliphatic heterocycles. The van der Waals surface area contributed by atoms with Gasteiger partial charge in [0, 0.05) is 30.6 Å². The van der Waals surface area contributed by atoms with Crippen LogP contribution in [0.2, 0.25) is 4.34 Å². The van der Waals surface area contributed by atoms with E-state index in [1.165, 1.54) is 76.0 Å². The van der Waals surface area contributed by atoms with Gasteiger partial charge in [-0.05, 0) is 50.9 Å². The smallest absolute Gasteiger partial charge is 0.0931 e. The van der Waals surface area contributed by atoms with Crippen LogP contribution in [0.4, 0.5) is 0 Å². The van der Waals surface area contributed by atoms with E-state index in [-0.39, 0.29) is 0 Å². The van der Waals surface area contributed by atoms with Crippen LogP contribution in [-0.2, 0) is 6.54 Å².